The summed E-state index contributed by atoms with van der Waals surface area (Å²) < 4.78 is 5.65. The molecule has 1 amide bonds. The minimum atomic E-state index is 0.1000. The van der Waals surface area contributed by atoms with Crippen LogP contribution in [0.3, 0.4) is 0 Å². The number of likely N-dealkylation sites (N-methyl/N-ethyl adjacent to an activating group) is 1. The highest BCUT2D eigenvalue weighted by atomic mass is 16.5. The van der Waals surface area contributed by atoms with Gasteiger partial charge in [0.05, 0.1) is 19.3 Å². The number of carbonyl (C=O) groups excluding carboxylic acids is 1. The van der Waals surface area contributed by atoms with E-state index in [2.05, 4.69) is 20.2 Å². The van der Waals surface area contributed by atoms with Gasteiger partial charge in [-0.3, -0.25) is 14.7 Å². The predicted molar refractivity (Wildman–Crippen MR) is 75.4 cm³/mol. The van der Waals surface area contributed by atoms with Crippen molar-refractivity contribution in [2.45, 2.75) is 19.8 Å². The van der Waals surface area contributed by atoms with E-state index in [1.54, 1.807) is 18.6 Å². The molecule has 1 aromatic heterocycles. The number of hydrogen-bond donors (Lipinski definition) is 1. The quantitative estimate of drug-likeness (QED) is 0.830. The van der Waals surface area contributed by atoms with E-state index in [1.165, 1.54) is 0 Å². The number of hydrogen-bond acceptors (Lipinski definition) is 5. The van der Waals surface area contributed by atoms with Crippen LogP contribution in [0.4, 0.5) is 0 Å². The molecule has 0 spiro atoms. The Balaban J connectivity index is 1.74. The maximum Gasteiger partial charge on any atom is 0.234 e. The second-order valence-electron chi connectivity index (χ2n) is 5.05. The number of aromatic nitrogens is 2. The number of ether oxygens (including phenoxy) is 1. The van der Waals surface area contributed by atoms with Crippen LogP contribution in [0.2, 0.25) is 0 Å². The molecule has 1 unspecified atom stereocenters. The first-order chi connectivity index (χ1) is 9.78. The Morgan fingerprint density at radius 2 is 2.45 bits per heavy atom. The molecule has 1 N–H and O–H groups in total. The summed E-state index contributed by atoms with van der Waals surface area (Å²) in [5.41, 5.74) is 0. The van der Waals surface area contributed by atoms with Gasteiger partial charge in [-0.1, -0.05) is 0 Å². The molecule has 110 valence electrons. The molecule has 0 aromatic carbocycles. The van der Waals surface area contributed by atoms with E-state index < -0.39 is 0 Å². The van der Waals surface area contributed by atoms with Crippen LogP contribution in [0.5, 0.6) is 5.88 Å². The predicted octanol–water partition coefficient (Wildman–Crippen LogP) is 0.703. The number of likely N-dealkylation sites (tertiary alicyclic amines) is 1. The molecule has 0 aliphatic carbocycles. The molecule has 1 atom stereocenters. The van der Waals surface area contributed by atoms with E-state index in [-0.39, 0.29) is 5.91 Å². The van der Waals surface area contributed by atoms with E-state index in [0.29, 0.717) is 31.5 Å². The van der Waals surface area contributed by atoms with E-state index in [4.69, 9.17) is 4.74 Å². The topological polar surface area (TPSA) is 67.4 Å². The molecule has 1 fully saturated rings. The summed E-state index contributed by atoms with van der Waals surface area (Å²) in [5, 5.41) is 2.84. The van der Waals surface area contributed by atoms with Gasteiger partial charge >= 0.3 is 0 Å². The van der Waals surface area contributed by atoms with Gasteiger partial charge < -0.3 is 10.1 Å². The molecule has 1 aliphatic rings. The van der Waals surface area contributed by atoms with Crippen LogP contribution in [0, 0.1) is 5.92 Å². The number of nitrogens with one attached hydrogen (secondary N) is 1. The highest BCUT2D eigenvalue weighted by Gasteiger charge is 2.22. The molecule has 1 aliphatic heterocycles. The van der Waals surface area contributed by atoms with E-state index in [1.807, 2.05) is 6.92 Å². The lowest BCUT2D eigenvalue weighted by Gasteiger charge is -2.31. The van der Waals surface area contributed by atoms with Crippen molar-refractivity contribution < 1.29 is 9.53 Å². The summed E-state index contributed by atoms with van der Waals surface area (Å²) in [7, 11) is 0. The van der Waals surface area contributed by atoms with Gasteiger partial charge in [-0.15, -0.1) is 0 Å². The average molecular weight is 278 g/mol. The Morgan fingerprint density at radius 3 is 3.20 bits per heavy atom. The van der Waals surface area contributed by atoms with Gasteiger partial charge in [0, 0.05) is 31.4 Å². The zero-order valence-electron chi connectivity index (χ0n) is 11.9. The van der Waals surface area contributed by atoms with Crippen LogP contribution in [0.15, 0.2) is 18.6 Å². The lowest BCUT2D eigenvalue weighted by Crippen LogP contribution is -2.43. The monoisotopic (exact) mass is 278 g/mol. The van der Waals surface area contributed by atoms with Crippen LogP contribution in [-0.4, -0.2) is 53.6 Å². The van der Waals surface area contributed by atoms with Crippen LogP contribution in [-0.2, 0) is 4.79 Å². The van der Waals surface area contributed by atoms with E-state index in [0.717, 1.165) is 25.9 Å². The standard InChI is InChI=1S/C14H22N4O2/c1-2-16-13(19)10-18-7-3-4-12(9-18)11-20-14-8-15-5-6-17-14/h5-6,8,12H,2-4,7,9-11H2,1H3,(H,16,19). The van der Waals surface area contributed by atoms with Gasteiger partial charge in [0.25, 0.3) is 0 Å². The second kappa shape index (κ2) is 7.79. The zero-order valence-corrected chi connectivity index (χ0v) is 11.9. The molecular formula is C14H22N4O2. The molecule has 0 bridgehead atoms. The SMILES string of the molecule is CCNC(=O)CN1CCCC(COc2cnccn2)C1. The zero-order chi connectivity index (χ0) is 14.2. The molecule has 0 radical (unpaired) electrons. The Bertz CT molecular complexity index is 413. The first-order valence-electron chi connectivity index (χ1n) is 7.15. The van der Waals surface area contributed by atoms with Gasteiger partial charge in [0.1, 0.15) is 0 Å². The van der Waals surface area contributed by atoms with Gasteiger partial charge in [-0.25, -0.2) is 4.98 Å². The fourth-order valence-electron chi connectivity index (χ4n) is 2.45. The Hall–Kier alpha value is -1.69. The van der Waals surface area contributed by atoms with Crippen molar-refractivity contribution in [3.05, 3.63) is 18.6 Å². The van der Waals surface area contributed by atoms with Crippen molar-refractivity contribution in [3.8, 4) is 5.88 Å². The maximum atomic E-state index is 11.6. The summed E-state index contributed by atoms with van der Waals surface area (Å²) in [5.74, 6) is 1.11. The van der Waals surface area contributed by atoms with Crippen LogP contribution >= 0.6 is 0 Å². The third kappa shape index (κ3) is 4.77. The fourth-order valence-corrected chi connectivity index (χ4v) is 2.45. The van der Waals surface area contributed by atoms with E-state index >= 15 is 0 Å². The summed E-state index contributed by atoms with van der Waals surface area (Å²) in [6.07, 6.45) is 7.11. The first-order valence-corrected chi connectivity index (χ1v) is 7.15. The summed E-state index contributed by atoms with van der Waals surface area (Å²) in [6.45, 7) is 5.62. The number of piperidine rings is 1. The fraction of sp³-hybridized carbons (Fsp3) is 0.643. The number of carbonyl (C=O) groups is 1. The van der Waals surface area contributed by atoms with Crippen molar-refractivity contribution in [3.63, 3.8) is 0 Å². The third-order valence-corrected chi connectivity index (χ3v) is 3.35. The molecule has 6 heteroatoms. The van der Waals surface area contributed by atoms with E-state index in [9.17, 15) is 4.79 Å². The minimum Gasteiger partial charge on any atom is -0.476 e. The maximum absolute atomic E-state index is 11.6. The average Bonchev–Trinajstić information content (AvgIpc) is 2.47. The van der Waals surface area contributed by atoms with Gasteiger partial charge in [0.2, 0.25) is 11.8 Å². The Morgan fingerprint density at radius 1 is 1.55 bits per heavy atom. The van der Waals surface area contributed by atoms with Gasteiger partial charge in [0.15, 0.2) is 0 Å². The normalized spacial score (nSPS) is 19.6. The second-order valence-corrected chi connectivity index (χ2v) is 5.05. The van der Waals surface area contributed by atoms with Gasteiger partial charge in [-0.05, 0) is 26.3 Å². The molecule has 0 saturated carbocycles. The van der Waals surface area contributed by atoms with Crippen LogP contribution in [0.25, 0.3) is 0 Å². The summed E-state index contributed by atoms with van der Waals surface area (Å²) in [4.78, 5) is 21.9. The summed E-state index contributed by atoms with van der Waals surface area (Å²) >= 11 is 0. The van der Waals surface area contributed by atoms with Crippen molar-refractivity contribution >= 4 is 5.91 Å². The molecule has 1 aromatic rings. The Labute approximate surface area is 119 Å². The molecule has 20 heavy (non-hydrogen) atoms. The minimum absolute atomic E-state index is 0.1000. The third-order valence-electron chi connectivity index (χ3n) is 3.35. The number of nitrogens with zero attached hydrogens (tertiary/aromatic N) is 3. The van der Waals surface area contributed by atoms with Crippen molar-refractivity contribution in [2.24, 2.45) is 5.92 Å². The molecule has 6 nitrogen and oxygen atoms in total. The largest absolute Gasteiger partial charge is 0.476 e. The molecule has 2 heterocycles. The lowest BCUT2D eigenvalue weighted by molar-refractivity contribution is -0.122. The highest BCUT2D eigenvalue weighted by Crippen LogP contribution is 2.17. The highest BCUT2D eigenvalue weighted by molar-refractivity contribution is 5.77. The van der Waals surface area contributed by atoms with Crippen LogP contribution < -0.4 is 10.1 Å². The summed E-state index contributed by atoms with van der Waals surface area (Å²) in [6, 6.07) is 0. The van der Waals surface area contributed by atoms with Gasteiger partial charge in [-0.2, -0.15) is 0 Å². The number of rotatable bonds is 6. The Kier molecular flexibility index (Phi) is 5.73. The van der Waals surface area contributed by atoms with Crippen molar-refractivity contribution in [2.75, 3.05) is 32.8 Å². The first kappa shape index (κ1) is 14.7. The smallest absolute Gasteiger partial charge is 0.234 e. The van der Waals surface area contributed by atoms with Crippen molar-refractivity contribution in [1.82, 2.24) is 20.2 Å². The lowest BCUT2D eigenvalue weighted by atomic mass is 9.99. The molecule has 1 saturated heterocycles. The van der Waals surface area contributed by atoms with Crippen molar-refractivity contribution in [1.29, 1.82) is 0 Å². The number of amides is 1. The molecule has 2 rings (SSSR count). The molecular weight excluding hydrogens is 256 g/mol. The van der Waals surface area contributed by atoms with Crippen LogP contribution in [0.1, 0.15) is 19.8 Å².